The highest BCUT2D eigenvalue weighted by Crippen LogP contribution is 2.32. The molecule has 0 bridgehead atoms. The van der Waals surface area contributed by atoms with Crippen molar-refractivity contribution in [3.63, 3.8) is 0 Å². The van der Waals surface area contributed by atoms with Gasteiger partial charge in [-0.2, -0.15) is 29.9 Å². The third-order valence-electron chi connectivity index (χ3n) is 11.5. The summed E-state index contributed by atoms with van der Waals surface area (Å²) < 4.78 is 0. The van der Waals surface area contributed by atoms with E-state index in [0.29, 0.717) is 11.8 Å². The summed E-state index contributed by atoms with van der Waals surface area (Å²) in [5.41, 5.74) is 0. The van der Waals surface area contributed by atoms with Crippen LogP contribution in [0.2, 0.25) is 0 Å². The molecule has 3 fully saturated rings. The lowest BCUT2D eigenvalue weighted by molar-refractivity contribution is 0.278. The number of anilines is 6. The lowest BCUT2D eigenvalue weighted by Crippen LogP contribution is -2.42. The number of rotatable bonds is 16. The molecule has 0 aliphatic carbocycles. The normalized spacial score (nSPS) is 20.8. The second kappa shape index (κ2) is 18.4. The van der Waals surface area contributed by atoms with Gasteiger partial charge in [0.05, 0.1) is 0 Å². The van der Waals surface area contributed by atoms with Crippen molar-refractivity contribution in [3.8, 4) is 0 Å². The van der Waals surface area contributed by atoms with Crippen LogP contribution in [0.3, 0.4) is 0 Å². The molecule has 280 valence electrons. The Hall–Kier alpha value is -3.18. The third-order valence-corrected chi connectivity index (χ3v) is 11.5. The zero-order valence-electron chi connectivity index (χ0n) is 32.8. The summed E-state index contributed by atoms with van der Waals surface area (Å²) >= 11 is 0. The highest BCUT2D eigenvalue weighted by molar-refractivity contribution is 5.48. The van der Waals surface area contributed by atoms with Crippen LogP contribution in [-0.4, -0.2) is 110 Å². The Morgan fingerprint density at radius 2 is 0.900 bits per heavy atom. The first kappa shape index (κ1) is 38.1. The van der Waals surface area contributed by atoms with Crippen LogP contribution in [-0.2, 0) is 0 Å². The average Bonchev–Trinajstić information content (AvgIpc) is 3.13. The van der Waals surface area contributed by atoms with Crippen molar-refractivity contribution in [2.75, 3.05) is 109 Å². The number of nitrogens with zero attached hydrogens (tertiary/aromatic N) is 12. The molecule has 0 N–H and O–H groups in total. The standard InChI is InChI=1S/C38H68N12/c1-9-11-20-45(6)33-39-34(46(7)21-12-10-2)41-35(40-33)47(8)22-13-14-32-28-50(27-19-31(32)5)38-43-36(48-23-15-29(3)16-24-48)42-37(44-38)49-25-17-30(4)18-26-49/h29-32H,9-28H2,1-8H3. The Bertz CT molecular complexity index is 1240. The maximum Gasteiger partial charge on any atom is 0.231 e. The second-order valence-corrected chi connectivity index (χ2v) is 15.9. The summed E-state index contributed by atoms with van der Waals surface area (Å²) in [5, 5.41) is 0. The van der Waals surface area contributed by atoms with E-state index >= 15 is 0 Å². The Labute approximate surface area is 303 Å². The van der Waals surface area contributed by atoms with Crippen LogP contribution in [0.5, 0.6) is 0 Å². The fourth-order valence-corrected chi connectivity index (χ4v) is 7.43. The van der Waals surface area contributed by atoms with Crippen molar-refractivity contribution >= 4 is 35.7 Å². The van der Waals surface area contributed by atoms with Crippen LogP contribution in [0.25, 0.3) is 0 Å². The number of piperidine rings is 3. The molecule has 3 saturated heterocycles. The maximum atomic E-state index is 5.17. The number of hydrogen-bond acceptors (Lipinski definition) is 12. The van der Waals surface area contributed by atoms with Crippen LogP contribution in [0.1, 0.15) is 105 Å². The summed E-state index contributed by atoms with van der Waals surface area (Å²) in [6, 6.07) is 0. The van der Waals surface area contributed by atoms with Crippen LogP contribution in [0.15, 0.2) is 0 Å². The van der Waals surface area contributed by atoms with Crippen LogP contribution < -0.4 is 29.4 Å². The number of aromatic nitrogens is 6. The molecule has 3 aliphatic rings. The molecule has 0 radical (unpaired) electrons. The molecule has 0 amide bonds. The number of unbranched alkanes of at least 4 members (excludes halogenated alkanes) is 2. The fraction of sp³-hybridized carbons (Fsp3) is 0.842. The first-order chi connectivity index (χ1) is 24.1. The third kappa shape index (κ3) is 10.2. The molecule has 12 nitrogen and oxygen atoms in total. The van der Waals surface area contributed by atoms with Gasteiger partial charge in [-0.05, 0) is 81.5 Å². The van der Waals surface area contributed by atoms with E-state index < -0.39 is 0 Å². The molecule has 5 rings (SSSR count). The van der Waals surface area contributed by atoms with Crippen molar-refractivity contribution in [1.29, 1.82) is 0 Å². The highest BCUT2D eigenvalue weighted by atomic mass is 15.4. The summed E-state index contributed by atoms with van der Waals surface area (Å²) in [4.78, 5) is 44.1. The zero-order chi connectivity index (χ0) is 35.6. The first-order valence-corrected chi connectivity index (χ1v) is 20.0. The van der Waals surface area contributed by atoms with E-state index in [-0.39, 0.29) is 0 Å². The summed E-state index contributed by atoms with van der Waals surface area (Å²) in [5.74, 6) is 7.71. The molecule has 0 spiro atoms. The molecular formula is C38H68N12. The quantitative estimate of drug-likeness (QED) is 0.195. The SMILES string of the molecule is CCCCN(C)c1nc(N(C)CCCC)nc(N(C)CCCC2CN(c3nc(N4CCC(C)CC4)nc(N4CCC(C)CC4)n3)CCC2C)n1. The number of hydrogen-bond donors (Lipinski definition) is 0. The minimum atomic E-state index is 0.581. The van der Waals surface area contributed by atoms with E-state index in [1.165, 1.54) is 25.7 Å². The van der Waals surface area contributed by atoms with Gasteiger partial charge >= 0.3 is 0 Å². The van der Waals surface area contributed by atoms with Gasteiger partial charge in [0.25, 0.3) is 0 Å². The van der Waals surface area contributed by atoms with Gasteiger partial charge in [-0.25, -0.2) is 0 Å². The topological polar surface area (TPSA) is 96.8 Å². The van der Waals surface area contributed by atoms with Gasteiger partial charge in [0, 0.05) is 80.0 Å². The molecule has 0 aromatic carbocycles. The van der Waals surface area contributed by atoms with Gasteiger partial charge in [-0.1, -0.05) is 47.5 Å². The van der Waals surface area contributed by atoms with Gasteiger partial charge in [0.2, 0.25) is 35.7 Å². The Morgan fingerprint density at radius 3 is 1.32 bits per heavy atom. The lowest BCUT2D eigenvalue weighted by atomic mass is 9.84. The van der Waals surface area contributed by atoms with Crippen LogP contribution >= 0.6 is 0 Å². The van der Waals surface area contributed by atoms with E-state index in [1.54, 1.807) is 0 Å². The largest absolute Gasteiger partial charge is 0.344 e. The zero-order valence-corrected chi connectivity index (χ0v) is 32.8. The molecule has 50 heavy (non-hydrogen) atoms. The van der Waals surface area contributed by atoms with Crippen molar-refractivity contribution in [1.82, 2.24) is 29.9 Å². The fourth-order valence-electron chi connectivity index (χ4n) is 7.43. The lowest BCUT2D eigenvalue weighted by Gasteiger charge is -2.38. The Morgan fingerprint density at radius 1 is 0.520 bits per heavy atom. The van der Waals surface area contributed by atoms with E-state index in [9.17, 15) is 0 Å². The highest BCUT2D eigenvalue weighted by Gasteiger charge is 2.30. The Balaban J connectivity index is 1.26. The molecule has 5 heterocycles. The molecule has 3 aliphatic heterocycles. The molecule has 2 atom stereocenters. The van der Waals surface area contributed by atoms with Gasteiger partial charge in [0.1, 0.15) is 0 Å². The first-order valence-electron chi connectivity index (χ1n) is 20.0. The van der Waals surface area contributed by atoms with Crippen LogP contribution in [0, 0.1) is 23.7 Å². The van der Waals surface area contributed by atoms with E-state index in [4.69, 9.17) is 29.9 Å². The molecule has 2 aromatic heterocycles. The second-order valence-electron chi connectivity index (χ2n) is 15.9. The van der Waals surface area contributed by atoms with Crippen molar-refractivity contribution in [3.05, 3.63) is 0 Å². The van der Waals surface area contributed by atoms with Gasteiger partial charge in [-0.15, -0.1) is 0 Å². The maximum absolute atomic E-state index is 5.17. The minimum Gasteiger partial charge on any atom is -0.344 e. The minimum absolute atomic E-state index is 0.581. The van der Waals surface area contributed by atoms with Crippen molar-refractivity contribution in [2.24, 2.45) is 23.7 Å². The molecular weight excluding hydrogens is 625 g/mol. The smallest absolute Gasteiger partial charge is 0.231 e. The van der Waals surface area contributed by atoms with Gasteiger partial charge in [0.15, 0.2) is 0 Å². The molecule has 0 saturated carbocycles. The van der Waals surface area contributed by atoms with Gasteiger partial charge in [-0.3, -0.25) is 0 Å². The molecule has 2 aromatic rings. The van der Waals surface area contributed by atoms with E-state index in [1.807, 2.05) is 0 Å². The van der Waals surface area contributed by atoms with E-state index in [2.05, 4.69) is 85.2 Å². The predicted molar refractivity (Wildman–Crippen MR) is 209 cm³/mol. The molecule has 2 unspecified atom stereocenters. The monoisotopic (exact) mass is 693 g/mol. The summed E-state index contributed by atoms with van der Waals surface area (Å²) in [7, 11) is 6.33. The van der Waals surface area contributed by atoms with Crippen LogP contribution in [0.4, 0.5) is 35.7 Å². The summed E-state index contributed by atoms with van der Waals surface area (Å²) in [6.45, 7) is 20.5. The average molecular weight is 693 g/mol. The van der Waals surface area contributed by atoms with Crippen molar-refractivity contribution in [2.45, 2.75) is 105 Å². The predicted octanol–water partition coefficient (Wildman–Crippen LogP) is 6.38. The van der Waals surface area contributed by atoms with Crippen molar-refractivity contribution < 1.29 is 0 Å². The Kier molecular flexibility index (Phi) is 14.0. The van der Waals surface area contributed by atoms with E-state index in [0.717, 1.165) is 151 Å². The van der Waals surface area contributed by atoms with Gasteiger partial charge < -0.3 is 29.4 Å². The summed E-state index contributed by atoms with van der Waals surface area (Å²) in [6.07, 6.45) is 12.7. The molecule has 12 heteroatoms.